The highest BCUT2D eigenvalue weighted by molar-refractivity contribution is 5.86. The minimum atomic E-state index is -0.106. The zero-order chi connectivity index (χ0) is 15.8. The van der Waals surface area contributed by atoms with Crippen LogP contribution in [0.25, 0.3) is 0 Å². The van der Waals surface area contributed by atoms with Gasteiger partial charge in [0.15, 0.2) is 11.5 Å². The van der Waals surface area contributed by atoms with Crippen LogP contribution in [0.15, 0.2) is 58.7 Å². The van der Waals surface area contributed by atoms with Crippen molar-refractivity contribution in [2.24, 2.45) is 21.7 Å². The smallest absolute Gasteiger partial charge is 0.211 e. The van der Waals surface area contributed by atoms with Crippen molar-refractivity contribution in [1.29, 1.82) is 0 Å². The van der Waals surface area contributed by atoms with Crippen molar-refractivity contribution in [1.82, 2.24) is 0 Å². The molecule has 0 unspecified atom stereocenters. The highest BCUT2D eigenvalue weighted by atomic mass is 35.5. The quantitative estimate of drug-likeness (QED) is 0.481. The standard InChI is InChI=1S/C16H18N4O2.ClH/c1-21-14-9-5-8-13(10-19-20-16(17)18)15(14)22-11-12-6-3-2-4-7-12;/h2-10H,11H2,1H3,(H4,17,18,20);1H. The molecule has 0 aromatic heterocycles. The molecule has 122 valence electrons. The van der Waals surface area contributed by atoms with Crippen LogP contribution in [-0.2, 0) is 6.61 Å². The highest BCUT2D eigenvalue weighted by Gasteiger charge is 2.09. The summed E-state index contributed by atoms with van der Waals surface area (Å²) in [5.41, 5.74) is 12.3. The van der Waals surface area contributed by atoms with Gasteiger partial charge in [-0.15, -0.1) is 17.5 Å². The van der Waals surface area contributed by atoms with E-state index in [0.29, 0.717) is 18.1 Å². The number of ether oxygens (including phenoxy) is 2. The first-order valence-corrected chi connectivity index (χ1v) is 6.66. The molecule has 23 heavy (non-hydrogen) atoms. The molecule has 6 nitrogen and oxygen atoms in total. The number of para-hydroxylation sites is 1. The van der Waals surface area contributed by atoms with Crippen LogP contribution in [0, 0.1) is 0 Å². The monoisotopic (exact) mass is 334 g/mol. The second-order valence-electron chi connectivity index (χ2n) is 4.42. The molecular formula is C16H19ClN4O2. The Morgan fingerprint density at radius 1 is 1.09 bits per heavy atom. The van der Waals surface area contributed by atoms with Crippen molar-refractivity contribution in [2.75, 3.05) is 7.11 Å². The van der Waals surface area contributed by atoms with Gasteiger partial charge in [0.2, 0.25) is 5.96 Å². The lowest BCUT2D eigenvalue weighted by Gasteiger charge is -2.13. The second kappa shape index (κ2) is 9.32. The molecule has 4 N–H and O–H groups in total. The summed E-state index contributed by atoms with van der Waals surface area (Å²) < 4.78 is 11.2. The SMILES string of the molecule is COc1cccc(C=NN=C(N)N)c1OCc1ccccc1.Cl. The first kappa shape index (κ1) is 18.3. The van der Waals surface area contributed by atoms with Crippen LogP contribution >= 0.6 is 12.4 Å². The molecule has 0 heterocycles. The number of halogens is 1. The van der Waals surface area contributed by atoms with Gasteiger partial charge in [-0.25, -0.2) is 0 Å². The van der Waals surface area contributed by atoms with Crippen LogP contribution in [0.3, 0.4) is 0 Å². The van der Waals surface area contributed by atoms with Gasteiger partial charge in [0.05, 0.1) is 13.3 Å². The Morgan fingerprint density at radius 3 is 2.48 bits per heavy atom. The van der Waals surface area contributed by atoms with Crippen molar-refractivity contribution >= 4 is 24.6 Å². The predicted molar refractivity (Wildman–Crippen MR) is 94.4 cm³/mol. The summed E-state index contributed by atoms with van der Waals surface area (Å²) in [7, 11) is 1.58. The molecule has 0 saturated carbocycles. The number of nitrogens with zero attached hydrogens (tertiary/aromatic N) is 2. The summed E-state index contributed by atoms with van der Waals surface area (Å²) in [6.07, 6.45) is 1.52. The fourth-order valence-electron chi connectivity index (χ4n) is 1.84. The lowest BCUT2D eigenvalue weighted by molar-refractivity contribution is 0.284. The molecule has 2 rings (SSSR count). The first-order valence-electron chi connectivity index (χ1n) is 6.66. The van der Waals surface area contributed by atoms with Crippen molar-refractivity contribution in [2.45, 2.75) is 6.61 Å². The summed E-state index contributed by atoms with van der Waals surface area (Å²) in [4.78, 5) is 0. The Morgan fingerprint density at radius 2 is 1.83 bits per heavy atom. The van der Waals surface area contributed by atoms with Crippen molar-refractivity contribution in [3.8, 4) is 11.5 Å². The number of benzene rings is 2. The maximum absolute atomic E-state index is 5.88. The lowest BCUT2D eigenvalue weighted by atomic mass is 10.2. The Kier molecular flexibility index (Phi) is 7.42. The lowest BCUT2D eigenvalue weighted by Crippen LogP contribution is -2.21. The van der Waals surface area contributed by atoms with Crippen LogP contribution in [0.1, 0.15) is 11.1 Å². The molecule has 0 radical (unpaired) electrons. The van der Waals surface area contributed by atoms with Crippen LogP contribution in [-0.4, -0.2) is 19.3 Å². The molecule has 0 fully saturated rings. The van der Waals surface area contributed by atoms with Gasteiger partial charge in [-0.1, -0.05) is 36.4 Å². The van der Waals surface area contributed by atoms with Gasteiger partial charge >= 0.3 is 0 Å². The number of hydrogen-bond acceptors (Lipinski definition) is 4. The van der Waals surface area contributed by atoms with Gasteiger partial charge < -0.3 is 20.9 Å². The van der Waals surface area contributed by atoms with E-state index in [-0.39, 0.29) is 18.4 Å². The van der Waals surface area contributed by atoms with E-state index in [4.69, 9.17) is 20.9 Å². The second-order valence-corrected chi connectivity index (χ2v) is 4.42. The average Bonchev–Trinajstić information content (AvgIpc) is 2.54. The van der Waals surface area contributed by atoms with Crippen LogP contribution in [0.2, 0.25) is 0 Å². The summed E-state index contributed by atoms with van der Waals surface area (Å²) in [5.74, 6) is 1.10. The van der Waals surface area contributed by atoms with E-state index in [2.05, 4.69) is 10.2 Å². The third kappa shape index (κ3) is 5.52. The molecule has 0 aliphatic heterocycles. The fourth-order valence-corrected chi connectivity index (χ4v) is 1.84. The normalized spacial score (nSPS) is 9.96. The molecule has 0 atom stereocenters. The Labute approximate surface area is 141 Å². The zero-order valence-electron chi connectivity index (χ0n) is 12.7. The molecule has 0 amide bonds. The largest absolute Gasteiger partial charge is 0.493 e. The predicted octanol–water partition coefficient (Wildman–Crippen LogP) is 2.30. The van der Waals surface area contributed by atoms with Crippen LogP contribution < -0.4 is 20.9 Å². The molecular weight excluding hydrogens is 316 g/mol. The van der Waals surface area contributed by atoms with Gasteiger partial charge in [0, 0.05) is 5.56 Å². The molecule has 0 spiro atoms. The van der Waals surface area contributed by atoms with Gasteiger partial charge in [0.25, 0.3) is 0 Å². The summed E-state index contributed by atoms with van der Waals surface area (Å²) in [6.45, 7) is 0.421. The van der Waals surface area contributed by atoms with Crippen molar-refractivity contribution in [3.05, 3.63) is 59.7 Å². The molecule has 0 saturated heterocycles. The minimum Gasteiger partial charge on any atom is -0.493 e. The van der Waals surface area contributed by atoms with Gasteiger partial charge in [-0.2, -0.15) is 5.10 Å². The summed E-state index contributed by atoms with van der Waals surface area (Å²) in [5, 5.41) is 7.39. The number of guanidine groups is 1. The number of methoxy groups -OCH3 is 1. The Hall–Kier alpha value is -2.73. The summed E-state index contributed by atoms with van der Waals surface area (Å²) in [6, 6.07) is 15.4. The van der Waals surface area contributed by atoms with E-state index in [1.165, 1.54) is 6.21 Å². The molecule has 0 aliphatic rings. The van der Waals surface area contributed by atoms with Gasteiger partial charge in [0.1, 0.15) is 6.61 Å². The number of hydrogen-bond donors (Lipinski definition) is 2. The van der Waals surface area contributed by atoms with E-state index in [9.17, 15) is 0 Å². The molecule has 2 aromatic rings. The number of rotatable bonds is 6. The summed E-state index contributed by atoms with van der Waals surface area (Å²) >= 11 is 0. The van der Waals surface area contributed by atoms with E-state index >= 15 is 0 Å². The highest BCUT2D eigenvalue weighted by Crippen LogP contribution is 2.30. The first-order chi connectivity index (χ1) is 10.7. The van der Waals surface area contributed by atoms with Crippen molar-refractivity contribution in [3.63, 3.8) is 0 Å². The molecule has 0 aliphatic carbocycles. The van der Waals surface area contributed by atoms with Crippen LogP contribution in [0.4, 0.5) is 0 Å². The Balaban J connectivity index is 0.00000264. The van der Waals surface area contributed by atoms with Crippen LogP contribution in [0.5, 0.6) is 11.5 Å². The van der Waals surface area contributed by atoms with Crippen molar-refractivity contribution < 1.29 is 9.47 Å². The number of nitrogens with two attached hydrogens (primary N) is 2. The average molecular weight is 335 g/mol. The minimum absolute atomic E-state index is 0. The van der Waals surface area contributed by atoms with E-state index in [1.807, 2.05) is 48.5 Å². The maximum Gasteiger partial charge on any atom is 0.211 e. The third-order valence-electron chi connectivity index (χ3n) is 2.83. The zero-order valence-corrected chi connectivity index (χ0v) is 13.5. The Bertz CT molecular complexity index is 671. The molecule has 7 heteroatoms. The van der Waals surface area contributed by atoms with Gasteiger partial charge in [-0.3, -0.25) is 0 Å². The van der Waals surface area contributed by atoms with E-state index in [0.717, 1.165) is 11.1 Å². The molecule has 0 bridgehead atoms. The maximum atomic E-state index is 5.88. The van der Waals surface area contributed by atoms with E-state index < -0.39 is 0 Å². The van der Waals surface area contributed by atoms with E-state index in [1.54, 1.807) is 7.11 Å². The fraction of sp³-hybridized carbons (Fsp3) is 0.125. The van der Waals surface area contributed by atoms with Gasteiger partial charge in [-0.05, 0) is 17.7 Å². The third-order valence-corrected chi connectivity index (χ3v) is 2.83. The molecule has 2 aromatic carbocycles. The topological polar surface area (TPSA) is 95.2 Å².